The Morgan fingerprint density at radius 2 is 1.76 bits per heavy atom. The smallest absolute Gasteiger partial charge is 0.317 e. The Balaban J connectivity index is 2.41. The van der Waals surface area contributed by atoms with Crippen LogP contribution in [-0.2, 0) is 14.3 Å². The van der Waals surface area contributed by atoms with Crippen LogP contribution in [-0.4, -0.2) is 25.0 Å². The normalized spacial score (nSPS) is 20.4. The summed E-state index contributed by atoms with van der Waals surface area (Å²) in [6.07, 6.45) is 6.15. The molecule has 1 fully saturated rings. The van der Waals surface area contributed by atoms with Crippen LogP contribution < -0.4 is 5.32 Å². The summed E-state index contributed by atoms with van der Waals surface area (Å²) in [5.41, 5.74) is 0. The Morgan fingerprint density at radius 1 is 1.18 bits per heavy atom. The van der Waals surface area contributed by atoms with Crippen LogP contribution in [0.5, 0.6) is 0 Å². The van der Waals surface area contributed by atoms with Crippen molar-refractivity contribution >= 4 is 11.9 Å². The summed E-state index contributed by atoms with van der Waals surface area (Å²) in [6, 6.07) is 0.148. The van der Waals surface area contributed by atoms with Gasteiger partial charge in [0.25, 0.3) is 0 Å². The minimum absolute atomic E-state index is 0.148. The summed E-state index contributed by atoms with van der Waals surface area (Å²) in [6.45, 7) is 3.60. The monoisotopic (exact) mass is 241 g/mol. The number of esters is 1. The first-order valence-electron chi connectivity index (χ1n) is 6.44. The van der Waals surface area contributed by atoms with Gasteiger partial charge in [-0.3, -0.25) is 9.59 Å². The van der Waals surface area contributed by atoms with Gasteiger partial charge in [-0.1, -0.05) is 19.3 Å². The van der Waals surface area contributed by atoms with Crippen molar-refractivity contribution in [2.45, 2.75) is 52.0 Å². The first-order chi connectivity index (χ1) is 8.06. The van der Waals surface area contributed by atoms with Crippen molar-refractivity contribution in [3.05, 3.63) is 0 Å². The maximum atomic E-state index is 11.8. The van der Waals surface area contributed by atoms with Crippen LogP contribution in [0.25, 0.3) is 0 Å². The number of hydrogen-bond donors (Lipinski definition) is 1. The molecule has 1 rings (SSSR count). The molecule has 4 nitrogen and oxygen atoms in total. The van der Waals surface area contributed by atoms with Gasteiger partial charge >= 0.3 is 5.97 Å². The number of nitrogens with one attached hydrogen (secondary N) is 1. The van der Waals surface area contributed by atoms with Crippen molar-refractivity contribution in [3.63, 3.8) is 0 Å². The van der Waals surface area contributed by atoms with E-state index in [1.54, 1.807) is 6.92 Å². The highest BCUT2D eigenvalue weighted by atomic mass is 16.5. The fraction of sp³-hybridized carbons (Fsp3) is 0.846. The Morgan fingerprint density at radius 3 is 2.29 bits per heavy atom. The molecule has 0 aromatic rings. The highest BCUT2D eigenvalue weighted by Crippen LogP contribution is 2.26. The minimum atomic E-state index is -0.717. The third kappa shape index (κ3) is 4.02. The van der Waals surface area contributed by atoms with Crippen LogP contribution >= 0.6 is 0 Å². The van der Waals surface area contributed by atoms with E-state index in [1.807, 2.05) is 6.92 Å². The first kappa shape index (κ1) is 14.0. The molecule has 1 aliphatic carbocycles. The van der Waals surface area contributed by atoms with Crippen molar-refractivity contribution in [3.8, 4) is 0 Å². The molecule has 1 saturated carbocycles. The van der Waals surface area contributed by atoms with Gasteiger partial charge in [-0.05, 0) is 32.6 Å². The number of ether oxygens (including phenoxy) is 1. The average molecular weight is 241 g/mol. The summed E-state index contributed by atoms with van der Waals surface area (Å²) in [4.78, 5) is 23.0. The Hall–Kier alpha value is -1.06. The van der Waals surface area contributed by atoms with Gasteiger partial charge in [0.2, 0.25) is 5.91 Å². The molecule has 4 heteroatoms. The van der Waals surface area contributed by atoms with Crippen molar-refractivity contribution < 1.29 is 14.3 Å². The summed E-state index contributed by atoms with van der Waals surface area (Å²) in [5.74, 6) is -0.864. The molecule has 0 bridgehead atoms. The predicted molar refractivity (Wildman–Crippen MR) is 65.4 cm³/mol. The number of hydrogen-bond acceptors (Lipinski definition) is 3. The predicted octanol–water partition coefficient (Wildman–Crippen LogP) is 1.88. The lowest BCUT2D eigenvalue weighted by molar-refractivity contribution is -0.149. The molecule has 0 aromatic carbocycles. The average Bonchev–Trinajstić information content (AvgIpc) is 2.37. The van der Waals surface area contributed by atoms with Crippen LogP contribution in [0.1, 0.15) is 46.0 Å². The van der Waals surface area contributed by atoms with Crippen LogP contribution in [0.15, 0.2) is 0 Å². The van der Waals surface area contributed by atoms with Gasteiger partial charge in [0.05, 0.1) is 7.11 Å². The highest BCUT2D eigenvalue weighted by molar-refractivity contribution is 5.97. The van der Waals surface area contributed by atoms with E-state index in [0.717, 1.165) is 0 Å². The molecule has 17 heavy (non-hydrogen) atoms. The molecule has 0 heterocycles. The summed E-state index contributed by atoms with van der Waals surface area (Å²) in [5, 5.41) is 2.92. The van der Waals surface area contributed by atoms with Gasteiger partial charge in [-0.25, -0.2) is 0 Å². The Labute approximate surface area is 103 Å². The molecule has 0 aliphatic heterocycles. The van der Waals surface area contributed by atoms with Gasteiger partial charge < -0.3 is 10.1 Å². The lowest BCUT2D eigenvalue weighted by Crippen LogP contribution is -2.43. The molecule has 1 N–H and O–H groups in total. The second-order valence-electron chi connectivity index (χ2n) is 4.94. The highest BCUT2D eigenvalue weighted by Gasteiger charge is 2.26. The second kappa shape index (κ2) is 6.62. The third-order valence-corrected chi connectivity index (χ3v) is 3.67. The lowest BCUT2D eigenvalue weighted by atomic mass is 9.84. The van der Waals surface area contributed by atoms with E-state index >= 15 is 0 Å². The van der Waals surface area contributed by atoms with E-state index in [1.165, 1.54) is 39.2 Å². The van der Waals surface area contributed by atoms with Gasteiger partial charge in [-0.15, -0.1) is 0 Å². The number of rotatable bonds is 4. The number of carbonyl (C=O) groups is 2. The number of amides is 1. The van der Waals surface area contributed by atoms with Crippen molar-refractivity contribution in [1.82, 2.24) is 5.32 Å². The van der Waals surface area contributed by atoms with Crippen LogP contribution in [0, 0.1) is 11.8 Å². The molecule has 0 aromatic heterocycles. The fourth-order valence-corrected chi connectivity index (χ4v) is 2.39. The van der Waals surface area contributed by atoms with E-state index in [9.17, 15) is 9.59 Å². The maximum absolute atomic E-state index is 11.8. The number of carbonyl (C=O) groups excluding carboxylic acids is 2. The molecule has 2 atom stereocenters. The quantitative estimate of drug-likeness (QED) is 0.604. The van der Waals surface area contributed by atoms with E-state index in [2.05, 4.69) is 10.1 Å². The zero-order valence-corrected chi connectivity index (χ0v) is 11.0. The van der Waals surface area contributed by atoms with Crippen LogP contribution in [0.2, 0.25) is 0 Å². The topological polar surface area (TPSA) is 55.4 Å². The molecular weight excluding hydrogens is 218 g/mol. The maximum Gasteiger partial charge on any atom is 0.317 e. The first-order valence-corrected chi connectivity index (χ1v) is 6.44. The van der Waals surface area contributed by atoms with Crippen molar-refractivity contribution in [2.24, 2.45) is 11.8 Å². The van der Waals surface area contributed by atoms with Gasteiger partial charge in [0, 0.05) is 6.04 Å². The largest absolute Gasteiger partial charge is 0.468 e. The Kier molecular flexibility index (Phi) is 5.45. The van der Waals surface area contributed by atoms with Crippen LogP contribution in [0.4, 0.5) is 0 Å². The zero-order valence-electron chi connectivity index (χ0n) is 11.0. The molecular formula is C13H23NO3. The van der Waals surface area contributed by atoms with E-state index < -0.39 is 11.9 Å². The van der Waals surface area contributed by atoms with Crippen molar-refractivity contribution in [1.29, 1.82) is 0 Å². The molecule has 0 spiro atoms. The van der Waals surface area contributed by atoms with Crippen molar-refractivity contribution in [2.75, 3.05) is 7.11 Å². The molecule has 0 radical (unpaired) electrons. The molecule has 1 amide bonds. The van der Waals surface area contributed by atoms with E-state index in [4.69, 9.17) is 0 Å². The van der Waals surface area contributed by atoms with E-state index in [0.29, 0.717) is 5.92 Å². The van der Waals surface area contributed by atoms with Gasteiger partial charge in [-0.2, -0.15) is 0 Å². The zero-order chi connectivity index (χ0) is 12.8. The van der Waals surface area contributed by atoms with Crippen LogP contribution in [0.3, 0.4) is 0 Å². The summed E-state index contributed by atoms with van der Waals surface area (Å²) >= 11 is 0. The molecule has 2 unspecified atom stereocenters. The molecule has 98 valence electrons. The minimum Gasteiger partial charge on any atom is -0.468 e. The second-order valence-corrected chi connectivity index (χ2v) is 4.94. The third-order valence-electron chi connectivity index (χ3n) is 3.67. The van der Waals surface area contributed by atoms with Gasteiger partial charge in [0.15, 0.2) is 0 Å². The number of methoxy groups -OCH3 is 1. The lowest BCUT2D eigenvalue weighted by Gasteiger charge is -2.28. The molecule has 0 saturated heterocycles. The standard InChI is InChI=1S/C13H23NO3/c1-9(13(16)17-3)12(15)14-10(2)11-7-5-4-6-8-11/h9-11H,4-8H2,1-3H3,(H,14,15). The summed E-state index contributed by atoms with van der Waals surface area (Å²) < 4.78 is 4.56. The SMILES string of the molecule is COC(=O)C(C)C(=O)NC(C)C1CCCCC1. The van der Waals surface area contributed by atoms with Gasteiger partial charge in [0.1, 0.15) is 5.92 Å². The summed E-state index contributed by atoms with van der Waals surface area (Å²) in [7, 11) is 1.30. The fourth-order valence-electron chi connectivity index (χ4n) is 2.39. The Bertz CT molecular complexity index is 272. The molecule has 1 aliphatic rings. The van der Waals surface area contributed by atoms with E-state index in [-0.39, 0.29) is 11.9 Å².